The van der Waals surface area contributed by atoms with E-state index in [1.807, 2.05) is 19.1 Å². The summed E-state index contributed by atoms with van der Waals surface area (Å²) in [6, 6.07) is 8.78. The molecule has 0 radical (unpaired) electrons. The Labute approximate surface area is 164 Å². The zero-order valence-electron chi connectivity index (χ0n) is 16.4. The van der Waals surface area contributed by atoms with Gasteiger partial charge in [0.15, 0.2) is 5.65 Å². The van der Waals surface area contributed by atoms with Crippen molar-refractivity contribution in [2.24, 2.45) is 5.92 Å². The van der Waals surface area contributed by atoms with Gasteiger partial charge in [0.05, 0.1) is 12.1 Å². The predicted octanol–water partition coefficient (Wildman–Crippen LogP) is 4.34. The summed E-state index contributed by atoms with van der Waals surface area (Å²) < 4.78 is 16.7. The van der Waals surface area contributed by atoms with Gasteiger partial charge in [-0.25, -0.2) is 14.4 Å². The van der Waals surface area contributed by atoms with Gasteiger partial charge in [-0.3, -0.25) is 4.79 Å². The highest BCUT2D eigenvalue weighted by molar-refractivity contribution is 5.94. The summed E-state index contributed by atoms with van der Waals surface area (Å²) >= 11 is 0. The number of rotatable bonds is 7. The molecule has 1 aliphatic carbocycles. The van der Waals surface area contributed by atoms with Gasteiger partial charge in [0.25, 0.3) is 5.91 Å². The predicted molar refractivity (Wildman–Crippen MR) is 106 cm³/mol. The number of carbonyl (C=O) groups excluding carboxylic acids is 1. The van der Waals surface area contributed by atoms with Gasteiger partial charge in [-0.15, -0.1) is 0 Å². The lowest BCUT2D eigenvalue weighted by Gasteiger charge is -2.23. The topological polar surface area (TPSA) is 51.0 Å². The molecule has 0 aliphatic heterocycles. The minimum Gasteiger partial charge on any atom is -0.331 e. The average molecular weight is 380 g/mol. The highest BCUT2D eigenvalue weighted by Gasteiger charge is 2.27. The van der Waals surface area contributed by atoms with Crippen LogP contribution in [0.5, 0.6) is 0 Å². The van der Waals surface area contributed by atoms with Crippen molar-refractivity contribution in [2.75, 3.05) is 6.54 Å². The van der Waals surface area contributed by atoms with Crippen LogP contribution in [0, 0.1) is 18.7 Å². The molecule has 146 valence electrons. The van der Waals surface area contributed by atoms with Crippen LogP contribution in [-0.2, 0) is 13.1 Å². The monoisotopic (exact) mass is 380 g/mol. The largest absolute Gasteiger partial charge is 0.331 e. The zero-order chi connectivity index (χ0) is 19.7. The third-order valence-electron chi connectivity index (χ3n) is 5.26. The molecule has 0 atom stereocenters. The molecule has 2 heterocycles. The van der Waals surface area contributed by atoms with Crippen molar-refractivity contribution in [3.05, 3.63) is 59.3 Å². The first-order chi connectivity index (χ1) is 13.6. The maximum atomic E-state index is 14.5. The van der Waals surface area contributed by atoms with Crippen molar-refractivity contribution < 1.29 is 9.18 Å². The first kappa shape index (κ1) is 18.6. The van der Waals surface area contributed by atoms with Crippen LogP contribution >= 0.6 is 0 Å². The Morgan fingerprint density at radius 1 is 1.29 bits per heavy atom. The number of pyridine rings is 1. The van der Waals surface area contributed by atoms with E-state index >= 15 is 0 Å². The van der Waals surface area contributed by atoms with Crippen LogP contribution in [0.1, 0.15) is 47.9 Å². The molecule has 1 fully saturated rings. The van der Waals surface area contributed by atoms with Gasteiger partial charge < -0.3 is 9.47 Å². The highest BCUT2D eigenvalue weighted by Crippen LogP contribution is 2.32. The van der Waals surface area contributed by atoms with Crippen LogP contribution in [0.15, 0.2) is 36.5 Å². The summed E-state index contributed by atoms with van der Waals surface area (Å²) in [7, 11) is 0. The molecule has 0 spiro atoms. The second-order valence-corrected chi connectivity index (χ2v) is 7.59. The summed E-state index contributed by atoms with van der Waals surface area (Å²) in [5.41, 5.74) is 2.29. The lowest BCUT2D eigenvalue weighted by atomic mass is 10.1. The molecule has 0 unspecified atom stereocenters. The smallest absolute Gasteiger partial charge is 0.257 e. The number of aryl methyl sites for hydroxylation is 1. The van der Waals surface area contributed by atoms with Crippen LogP contribution in [0.2, 0.25) is 0 Å². The second kappa shape index (κ2) is 7.70. The van der Waals surface area contributed by atoms with E-state index in [4.69, 9.17) is 4.98 Å². The van der Waals surface area contributed by atoms with Crippen molar-refractivity contribution in [1.82, 2.24) is 19.4 Å². The SMILES string of the molecule is CCCN(Cc1nc2cccnc2n1CC1CC1)C(=O)c1cccc(C)c1F. The van der Waals surface area contributed by atoms with E-state index in [2.05, 4.69) is 9.55 Å². The number of fused-ring (bicyclic) bond motifs is 1. The molecule has 6 heteroatoms. The van der Waals surface area contributed by atoms with Crippen LogP contribution in [0.25, 0.3) is 11.2 Å². The summed E-state index contributed by atoms with van der Waals surface area (Å²) in [5, 5.41) is 0. The van der Waals surface area contributed by atoms with Crippen molar-refractivity contribution in [1.29, 1.82) is 0 Å². The molecule has 3 aromatic rings. The van der Waals surface area contributed by atoms with Crippen LogP contribution in [0.4, 0.5) is 4.39 Å². The van der Waals surface area contributed by atoms with E-state index < -0.39 is 5.82 Å². The van der Waals surface area contributed by atoms with Gasteiger partial charge in [-0.05, 0) is 55.9 Å². The minimum atomic E-state index is -0.443. The molecule has 0 bridgehead atoms. The lowest BCUT2D eigenvalue weighted by molar-refractivity contribution is 0.0732. The van der Waals surface area contributed by atoms with Gasteiger partial charge >= 0.3 is 0 Å². The van der Waals surface area contributed by atoms with Crippen molar-refractivity contribution in [3.63, 3.8) is 0 Å². The first-order valence-corrected chi connectivity index (χ1v) is 9.93. The average Bonchev–Trinajstić information content (AvgIpc) is 3.45. The fourth-order valence-electron chi connectivity index (χ4n) is 3.55. The fraction of sp³-hybridized carbons (Fsp3) is 0.409. The number of imidazole rings is 1. The van der Waals surface area contributed by atoms with Gasteiger partial charge in [0, 0.05) is 19.3 Å². The number of hydrogen-bond donors (Lipinski definition) is 0. The zero-order valence-corrected chi connectivity index (χ0v) is 16.4. The van der Waals surface area contributed by atoms with E-state index in [9.17, 15) is 9.18 Å². The molecule has 2 aromatic heterocycles. The van der Waals surface area contributed by atoms with Gasteiger partial charge in [-0.1, -0.05) is 19.1 Å². The Balaban J connectivity index is 1.68. The number of aromatic nitrogens is 3. The van der Waals surface area contributed by atoms with E-state index in [0.717, 1.165) is 30.0 Å². The molecule has 0 saturated heterocycles. The van der Waals surface area contributed by atoms with E-state index in [1.54, 1.807) is 36.2 Å². The third kappa shape index (κ3) is 3.63. The standard InChI is InChI=1S/C22H25FN4O/c1-3-12-26(22(28)17-7-4-6-15(2)20(17)23)14-19-25-18-8-5-11-24-21(18)27(19)13-16-9-10-16/h4-8,11,16H,3,9-10,12-14H2,1-2H3. The van der Waals surface area contributed by atoms with E-state index in [-0.39, 0.29) is 11.5 Å². The van der Waals surface area contributed by atoms with Crippen LogP contribution < -0.4 is 0 Å². The first-order valence-electron chi connectivity index (χ1n) is 9.93. The van der Waals surface area contributed by atoms with Gasteiger partial charge in [0.1, 0.15) is 17.2 Å². The second-order valence-electron chi connectivity index (χ2n) is 7.59. The Hall–Kier alpha value is -2.76. The van der Waals surface area contributed by atoms with Gasteiger partial charge in [-0.2, -0.15) is 0 Å². The normalized spacial score (nSPS) is 13.8. The minimum absolute atomic E-state index is 0.122. The van der Waals surface area contributed by atoms with Crippen LogP contribution in [-0.4, -0.2) is 31.9 Å². The molecule has 28 heavy (non-hydrogen) atoms. The maximum absolute atomic E-state index is 14.5. The number of nitrogens with zero attached hydrogens (tertiary/aromatic N) is 4. The number of hydrogen-bond acceptors (Lipinski definition) is 3. The molecule has 1 aliphatic rings. The molecule has 1 aromatic carbocycles. The summed E-state index contributed by atoms with van der Waals surface area (Å²) in [4.78, 5) is 24.0. The highest BCUT2D eigenvalue weighted by atomic mass is 19.1. The van der Waals surface area contributed by atoms with Crippen molar-refractivity contribution in [2.45, 2.75) is 46.2 Å². The number of halogens is 1. The lowest BCUT2D eigenvalue weighted by Crippen LogP contribution is -2.33. The molecule has 5 nitrogen and oxygen atoms in total. The Morgan fingerprint density at radius 2 is 2.11 bits per heavy atom. The number of benzene rings is 1. The molecular formula is C22H25FN4O. The number of carbonyl (C=O) groups is 1. The maximum Gasteiger partial charge on any atom is 0.257 e. The quantitative estimate of drug-likeness (QED) is 0.613. The Morgan fingerprint density at radius 3 is 2.86 bits per heavy atom. The Bertz CT molecular complexity index is 1010. The molecule has 0 N–H and O–H groups in total. The summed E-state index contributed by atoms with van der Waals surface area (Å²) in [6.07, 6.45) is 5.00. The summed E-state index contributed by atoms with van der Waals surface area (Å²) in [5.74, 6) is 0.737. The molecule has 1 amide bonds. The van der Waals surface area contributed by atoms with Crippen molar-refractivity contribution in [3.8, 4) is 0 Å². The van der Waals surface area contributed by atoms with Crippen LogP contribution in [0.3, 0.4) is 0 Å². The van der Waals surface area contributed by atoms with Gasteiger partial charge in [0.2, 0.25) is 0 Å². The van der Waals surface area contributed by atoms with Crippen molar-refractivity contribution >= 4 is 17.1 Å². The van der Waals surface area contributed by atoms with E-state index in [1.165, 1.54) is 12.8 Å². The van der Waals surface area contributed by atoms with E-state index in [0.29, 0.717) is 24.6 Å². The molecule has 4 rings (SSSR count). The fourth-order valence-corrected chi connectivity index (χ4v) is 3.55. The number of amides is 1. The molecule has 1 saturated carbocycles. The third-order valence-corrected chi connectivity index (χ3v) is 5.26. The summed E-state index contributed by atoms with van der Waals surface area (Å²) in [6.45, 7) is 5.46. The molecular weight excluding hydrogens is 355 g/mol. The Kier molecular flexibility index (Phi) is 5.11.